The molecule has 0 radical (unpaired) electrons. The average molecular weight is 419 g/mol. The number of thiazole rings is 1. The topological polar surface area (TPSA) is 75.3 Å². The van der Waals surface area contributed by atoms with E-state index < -0.39 is 0 Å². The Bertz CT molecular complexity index is 536. The molecule has 2 rings (SSSR count). The van der Waals surface area contributed by atoms with Crippen LogP contribution in [0.4, 0.5) is 5.13 Å². The van der Waals surface area contributed by atoms with E-state index in [9.17, 15) is 0 Å². The van der Waals surface area contributed by atoms with Gasteiger partial charge < -0.3 is 16.4 Å². The predicted molar refractivity (Wildman–Crippen MR) is 103 cm³/mol. The van der Waals surface area contributed by atoms with Crippen LogP contribution in [-0.4, -0.2) is 30.6 Å². The fourth-order valence-corrected chi connectivity index (χ4v) is 2.61. The van der Waals surface area contributed by atoms with Crippen molar-refractivity contribution in [3.05, 3.63) is 24.3 Å². The summed E-state index contributed by atoms with van der Waals surface area (Å²) in [6.07, 6.45) is 2.21. The Balaban J connectivity index is 0.00000220. The number of rotatable bonds is 7. The lowest BCUT2D eigenvalue weighted by Gasteiger charge is -2.05. The van der Waals surface area contributed by atoms with Crippen molar-refractivity contribution in [3.63, 3.8) is 0 Å². The zero-order valence-corrected chi connectivity index (χ0v) is 15.3. The molecular weight excluding hydrogens is 397 g/mol. The fraction of sp³-hybridized carbons (Fsp3) is 0.429. The van der Waals surface area contributed by atoms with E-state index in [1.807, 2.05) is 18.2 Å². The molecule has 0 saturated carbocycles. The maximum absolute atomic E-state index is 5.75. The van der Waals surface area contributed by atoms with E-state index in [1.165, 1.54) is 4.70 Å². The second kappa shape index (κ2) is 9.78. The van der Waals surface area contributed by atoms with Crippen molar-refractivity contribution in [1.82, 2.24) is 10.3 Å². The third-order valence-electron chi connectivity index (χ3n) is 2.80. The molecule has 0 saturated heterocycles. The van der Waals surface area contributed by atoms with E-state index in [-0.39, 0.29) is 24.0 Å². The lowest BCUT2D eigenvalue weighted by molar-refractivity contribution is 0.795. The molecule has 7 heteroatoms. The molecule has 21 heavy (non-hydrogen) atoms. The Hall–Kier alpha value is -1.09. The fourth-order valence-electron chi connectivity index (χ4n) is 1.72. The standard InChI is InChI=1S/C14H21N5S.HI/c1-2-3-8-16-13(15)17-9-10-18-14-19-11-6-4-5-7-12(11)20-14;/h4-7H,2-3,8-10H2,1H3,(H,18,19)(H3,15,16,17);1H. The largest absolute Gasteiger partial charge is 0.370 e. The number of halogens is 1. The van der Waals surface area contributed by atoms with Crippen LogP contribution in [0.3, 0.4) is 0 Å². The molecule has 0 unspecified atom stereocenters. The predicted octanol–water partition coefficient (Wildman–Crippen LogP) is 3.03. The highest BCUT2D eigenvalue weighted by atomic mass is 127. The number of hydrogen-bond donors (Lipinski definition) is 3. The van der Waals surface area contributed by atoms with Gasteiger partial charge in [-0.1, -0.05) is 36.8 Å². The lowest BCUT2D eigenvalue weighted by atomic mass is 10.3. The van der Waals surface area contributed by atoms with E-state index >= 15 is 0 Å². The third kappa shape index (κ3) is 6.04. The van der Waals surface area contributed by atoms with E-state index in [0.717, 1.165) is 43.1 Å². The first-order chi connectivity index (χ1) is 9.79. The summed E-state index contributed by atoms with van der Waals surface area (Å²) in [6.45, 7) is 4.43. The Morgan fingerprint density at radius 2 is 2.14 bits per heavy atom. The Morgan fingerprint density at radius 1 is 1.33 bits per heavy atom. The molecule has 0 fully saturated rings. The summed E-state index contributed by atoms with van der Waals surface area (Å²) in [5.74, 6) is 0.518. The minimum atomic E-state index is 0. The molecule has 0 amide bonds. The van der Waals surface area contributed by atoms with Gasteiger partial charge >= 0.3 is 0 Å². The quantitative estimate of drug-likeness (QED) is 0.279. The van der Waals surface area contributed by atoms with Crippen LogP contribution in [0.2, 0.25) is 0 Å². The van der Waals surface area contributed by atoms with Gasteiger partial charge in [-0.25, -0.2) is 4.98 Å². The molecule has 0 aliphatic carbocycles. The van der Waals surface area contributed by atoms with Crippen molar-refractivity contribution >= 4 is 56.6 Å². The monoisotopic (exact) mass is 419 g/mol. The molecule has 116 valence electrons. The number of aliphatic imine (C=N–C) groups is 1. The summed E-state index contributed by atoms with van der Waals surface area (Å²) in [5, 5.41) is 7.32. The highest BCUT2D eigenvalue weighted by Crippen LogP contribution is 2.24. The summed E-state index contributed by atoms with van der Waals surface area (Å²) in [5.41, 5.74) is 6.79. The lowest BCUT2D eigenvalue weighted by Crippen LogP contribution is -2.35. The normalized spacial score (nSPS) is 11.2. The number of nitrogens with one attached hydrogen (secondary N) is 2. The Labute approximate surface area is 146 Å². The number of hydrogen-bond acceptors (Lipinski definition) is 4. The van der Waals surface area contributed by atoms with Crippen LogP contribution >= 0.6 is 35.3 Å². The van der Waals surface area contributed by atoms with Crippen LogP contribution in [0.15, 0.2) is 29.3 Å². The number of anilines is 1. The van der Waals surface area contributed by atoms with Crippen LogP contribution in [0, 0.1) is 0 Å². The molecule has 4 N–H and O–H groups in total. The molecule has 5 nitrogen and oxygen atoms in total. The number of aromatic nitrogens is 1. The number of para-hydroxylation sites is 1. The number of fused-ring (bicyclic) bond motifs is 1. The number of unbranched alkanes of at least 4 members (excludes halogenated alkanes) is 1. The van der Waals surface area contributed by atoms with Crippen LogP contribution < -0.4 is 16.4 Å². The summed E-state index contributed by atoms with van der Waals surface area (Å²) in [7, 11) is 0. The van der Waals surface area contributed by atoms with Gasteiger partial charge in [-0.3, -0.25) is 4.99 Å². The summed E-state index contributed by atoms with van der Waals surface area (Å²) < 4.78 is 1.20. The van der Waals surface area contributed by atoms with Crippen molar-refractivity contribution in [2.75, 3.05) is 25.0 Å². The van der Waals surface area contributed by atoms with E-state index in [0.29, 0.717) is 5.96 Å². The maximum Gasteiger partial charge on any atom is 0.188 e. The van der Waals surface area contributed by atoms with E-state index in [4.69, 9.17) is 5.73 Å². The third-order valence-corrected chi connectivity index (χ3v) is 3.79. The second-order valence-electron chi connectivity index (χ2n) is 4.46. The Kier molecular flexibility index (Phi) is 8.36. The molecule has 0 spiro atoms. The first kappa shape index (κ1) is 18.0. The van der Waals surface area contributed by atoms with Gasteiger partial charge in [0, 0.05) is 19.6 Å². The van der Waals surface area contributed by atoms with Crippen molar-refractivity contribution in [2.24, 2.45) is 10.7 Å². The SMILES string of the molecule is CCCCN=C(N)NCCNc1nc2ccccc2s1.I. The summed E-state index contributed by atoms with van der Waals surface area (Å²) in [6, 6.07) is 8.13. The van der Waals surface area contributed by atoms with Crippen molar-refractivity contribution in [2.45, 2.75) is 19.8 Å². The van der Waals surface area contributed by atoms with Gasteiger partial charge in [0.15, 0.2) is 11.1 Å². The van der Waals surface area contributed by atoms with E-state index in [1.54, 1.807) is 11.3 Å². The summed E-state index contributed by atoms with van der Waals surface area (Å²) >= 11 is 1.66. The molecule has 1 aromatic carbocycles. The second-order valence-corrected chi connectivity index (χ2v) is 5.49. The zero-order chi connectivity index (χ0) is 14.2. The Morgan fingerprint density at radius 3 is 2.90 bits per heavy atom. The van der Waals surface area contributed by atoms with Crippen LogP contribution in [0.25, 0.3) is 10.2 Å². The smallest absolute Gasteiger partial charge is 0.188 e. The van der Waals surface area contributed by atoms with Gasteiger partial charge in [0.1, 0.15) is 0 Å². The minimum absolute atomic E-state index is 0. The van der Waals surface area contributed by atoms with Gasteiger partial charge in [-0.15, -0.1) is 24.0 Å². The minimum Gasteiger partial charge on any atom is -0.370 e. The number of benzene rings is 1. The van der Waals surface area contributed by atoms with Crippen molar-refractivity contribution in [3.8, 4) is 0 Å². The highest BCUT2D eigenvalue weighted by molar-refractivity contribution is 14.0. The number of nitrogens with two attached hydrogens (primary N) is 1. The average Bonchev–Trinajstić information content (AvgIpc) is 2.86. The molecule has 0 aliphatic rings. The maximum atomic E-state index is 5.75. The molecule has 2 aromatic rings. The molecule has 0 bridgehead atoms. The van der Waals surface area contributed by atoms with Crippen molar-refractivity contribution in [1.29, 1.82) is 0 Å². The molecule has 1 heterocycles. The molecule has 1 aromatic heterocycles. The van der Waals surface area contributed by atoms with Gasteiger partial charge in [-0.05, 0) is 18.6 Å². The highest BCUT2D eigenvalue weighted by Gasteiger charge is 2.01. The first-order valence-electron chi connectivity index (χ1n) is 6.93. The van der Waals surface area contributed by atoms with Crippen LogP contribution in [0.1, 0.15) is 19.8 Å². The number of nitrogens with zero attached hydrogens (tertiary/aromatic N) is 2. The molecule has 0 aliphatic heterocycles. The van der Waals surface area contributed by atoms with Gasteiger partial charge in [-0.2, -0.15) is 0 Å². The van der Waals surface area contributed by atoms with Gasteiger partial charge in [0.25, 0.3) is 0 Å². The molecule has 0 atom stereocenters. The van der Waals surface area contributed by atoms with Gasteiger partial charge in [0.05, 0.1) is 10.2 Å². The zero-order valence-electron chi connectivity index (χ0n) is 12.1. The van der Waals surface area contributed by atoms with Crippen molar-refractivity contribution < 1.29 is 0 Å². The number of guanidine groups is 1. The van der Waals surface area contributed by atoms with Crippen LogP contribution in [-0.2, 0) is 0 Å². The summed E-state index contributed by atoms with van der Waals surface area (Å²) in [4.78, 5) is 8.74. The van der Waals surface area contributed by atoms with E-state index in [2.05, 4.69) is 33.6 Å². The molecular formula is C14H22IN5S. The van der Waals surface area contributed by atoms with Crippen LogP contribution in [0.5, 0.6) is 0 Å². The first-order valence-corrected chi connectivity index (χ1v) is 7.74. The van der Waals surface area contributed by atoms with Gasteiger partial charge in [0.2, 0.25) is 0 Å².